The highest BCUT2D eigenvalue weighted by Gasteiger charge is 2.15. The highest BCUT2D eigenvalue weighted by molar-refractivity contribution is 5.96. The molecule has 2 amide bonds. The molecule has 0 radical (unpaired) electrons. The highest BCUT2D eigenvalue weighted by atomic mass is 16.2. The zero-order chi connectivity index (χ0) is 19.8. The minimum atomic E-state index is -0.264. The fraction of sp³-hybridized carbons (Fsp3) is 0.400. The fourth-order valence-electron chi connectivity index (χ4n) is 3.06. The van der Waals surface area contributed by atoms with E-state index in [0.717, 1.165) is 30.5 Å². The smallest absolute Gasteiger partial charge is 0.251 e. The molecular formula is C20H26N6O2. The number of amides is 2. The third kappa shape index (κ3) is 5.67. The number of hydrogen-bond acceptors (Lipinski definition) is 6. The van der Waals surface area contributed by atoms with Gasteiger partial charge < -0.3 is 20.9 Å². The summed E-state index contributed by atoms with van der Waals surface area (Å²) in [4.78, 5) is 35.0. The molecule has 148 valence electrons. The van der Waals surface area contributed by atoms with E-state index in [0.29, 0.717) is 18.7 Å². The summed E-state index contributed by atoms with van der Waals surface area (Å²) in [5.41, 5.74) is 0.532. The maximum atomic E-state index is 11.9. The van der Waals surface area contributed by atoms with Crippen molar-refractivity contribution < 1.29 is 9.59 Å². The van der Waals surface area contributed by atoms with Crippen molar-refractivity contribution in [3.8, 4) is 0 Å². The molecule has 1 fully saturated rings. The Morgan fingerprint density at radius 1 is 1.04 bits per heavy atom. The second-order valence-electron chi connectivity index (χ2n) is 6.68. The SMILES string of the molecule is Cc1nc(NCCNC(=O)CNC(=O)c2ccccc2)cc(N2CCCC2)n1. The Morgan fingerprint density at radius 2 is 1.79 bits per heavy atom. The number of nitrogens with zero attached hydrogens (tertiary/aromatic N) is 3. The van der Waals surface area contributed by atoms with E-state index in [1.54, 1.807) is 24.3 Å². The van der Waals surface area contributed by atoms with Gasteiger partial charge in [-0.25, -0.2) is 9.97 Å². The highest BCUT2D eigenvalue weighted by Crippen LogP contribution is 2.20. The molecule has 3 N–H and O–H groups in total. The molecule has 1 aliphatic rings. The van der Waals surface area contributed by atoms with Gasteiger partial charge in [-0.1, -0.05) is 18.2 Å². The van der Waals surface area contributed by atoms with Crippen molar-refractivity contribution in [2.75, 3.05) is 42.9 Å². The molecule has 2 aromatic rings. The zero-order valence-corrected chi connectivity index (χ0v) is 16.1. The Bertz CT molecular complexity index is 806. The van der Waals surface area contributed by atoms with Gasteiger partial charge in [-0.15, -0.1) is 0 Å². The summed E-state index contributed by atoms with van der Waals surface area (Å²) in [5.74, 6) is 1.92. The van der Waals surface area contributed by atoms with E-state index in [-0.39, 0.29) is 18.4 Å². The van der Waals surface area contributed by atoms with Gasteiger partial charge in [0.1, 0.15) is 17.5 Å². The van der Waals surface area contributed by atoms with Crippen molar-refractivity contribution in [3.05, 3.63) is 47.8 Å². The number of aryl methyl sites for hydroxylation is 1. The van der Waals surface area contributed by atoms with E-state index in [1.807, 2.05) is 19.1 Å². The van der Waals surface area contributed by atoms with E-state index < -0.39 is 0 Å². The number of hydrogen-bond donors (Lipinski definition) is 3. The second kappa shape index (κ2) is 9.68. The molecule has 3 rings (SSSR count). The van der Waals surface area contributed by atoms with Crippen molar-refractivity contribution >= 4 is 23.5 Å². The van der Waals surface area contributed by atoms with Crippen molar-refractivity contribution in [1.82, 2.24) is 20.6 Å². The van der Waals surface area contributed by atoms with Gasteiger partial charge in [0.2, 0.25) is 5.91 Å². The standard InChI is InChI=1S/C20H26N6O2/c1-15-24-17(13-18(25-15)26-11-5-6-12-26)21-9-10-22-19(27)14-23-20(28)16-7-3-2-4-8-16/h2-4,7-8,13H,5-6,9-12,14H2,1H3,(H,22,27)(H,23,28)(H,21,24,25). The first-order valence-corrected chi connectivity index (χ1v) is 9.56. The van der Waals surface area contributed by atoms with Crippen LogP contribution in [0.4, 0.5) is 11.6 Å². The van der Waals surface area contributed by atoms with Crippen LogP contribution in [0.2, 0.25) is 0 Å². The van der Waals surface area contributed by atoms with Crippen LogP contribution in [0.1, 0.15) is 29.0 Å². The number of carbonyl (C=O) groups excluding carboxylic acids is 2. The van der Waals surface area contributed by atoms with Gasteiger partial charge in [-0.3, -0.25) is 9.59 Å². The minimum absolute atomic E-state index is 0.0561. The van der Waals surface area contributed by atoms with Crippen LogP contribution < -0.4 is 20.9 Å². The Balaban J connectivity index is 1.38. The Hall–Kier alpha value is -3.16. The average molecular weight is 382 g/mol. The maximum absolute atomic E-state index is 11.9. The molecule has 2 heterocycles. The molecule has 0 spiro atoms. The topological polar surface area (TPSA) is 99.2 Å². The van der Waals surface area contributed by atoms with Crippen LogP contribution in [-0.4, -0.2) is 54.5 Å². The molecule has 8 heteroatoms. The van der Waals surface area contributed by atoms with E-state index in [4.69, 9.17) is 0 Å². The van der Waals surface area contributed by atoms with Gasteiger partial charge >= 0.3 is 0 Å². The van der Waals surface area contributed by atoms with Crippen LogP contribution in [-0.2, 0) is 4.79 Å². The number of anilines is 2. The van der Waals surface area contributed by atoms with Gasteiger partial charge in [-0.2, -0.15) is 0 Å². The van der Waals surface area contributed by atoms with Crippen LogP contribution in [0.15, 0.2) is 36.4 Å². The van der Waals surface area contributed by atoms with Crippen molar-refractivity contribution in [2.45, 2.75) is 19.8 Å². The lowest BCUT2D eigenvalue weighted by molar-refractivity contribution is -0.120. The molecule has 0 bridgehead atoms. The first-order valence-electron chi connectivity index (χ1n) is 9.56. The Kier molecular flexibility index (Phi) is 6.78. The number of aromatic nitrogens is 2. The van der Waals surface area contributed by atoms with Gasteiger partial charge in [0.25, 0.3) is 5.91 Å². The average Bonchev–Trinajstić information content (AvgIpc) is 3.25. The molecule has 1 aromatic heterocycles. The summed E-state index contributed by atoms with van der Waals surface area (Å²) in [6.07, 6.45) is 2.39. The first kappa shape index (κ1) is 19.6. The van der Waals surface area contributed by atoms with Crippen molar-refractivity contribution in [1.29, 1.82) is 0 Å². The van der Waals surface area contributed by atoms with Gasteiger partial charge in [0.15, 0.2) is 0 Å². The van der Waals surface area contributed by atoms with Crippen LogP contribution in [0.3, 0.4) is 0 Å². The molecule has 0 atom stereocenters. The lowest BCUT2D eigenvalue weighted by Gasteiger charge is -2.17. The predicted molar refractivity (Wildman–Crippen MR) is 108 cm³/mol. The fourth-order valence-corrected chi connectivity index (χ4v) is 3.06. The normalized spacial score (nSPS) is 13.2. The van der Waals surface area contributed by atoms with Crippen LogP contribution >= 0.6 is 0 Å². The quantitative estimate of drug-likeness (QED) is 0.596. The van der Waals surface area contributed by atoms with Crippen molar-refractivity contribution in [3.63, 3.8) is 0 Å². The molecule has 1 aliphatic heterocycles. The molecule has 28 heavy (non-hydrogen) atoms. The number of carbonyl (C=O) groups is 2. The van der Waals surface area contributed by atoms with Crippen molar-refractivity contribution in [2.24, 2.45) is 0 Å². The number of rotatable bonds is 8. The third-order valence-corrected chi connectivity index (χ3v) is 4.45. The summed E-state index contributed by atoms with van der Waals surface area (Å²) < 4.78 is 0. The predicted octanol–water partition coefficient (Wildman–Crippen LogP) is 1.34. The van der Waals surface area contributed by atoms with E-state index in [9.17, 15) is 9.59 Å². The monoisotopic (exact) mass is 382 g/mol. The van der Waals surface area contributed by atoms with Crippen LogP contribution in [0.5, 0.6) is 0 Å². The van der Waals surface area contributed by atoms with Crippen LogP contribution in [0.25, 0.3) is 0 Å². The van der Waals surface area contributed by atoms with E-state index >= 15 is 0 Å². The second-order valence-corrected chi connectivity index (χ2v) is 6.68. The summed E-state index contributed by atoms with van der Waals surface area (Å²) >= 11 is 0. The molecule has 1 saturated heterocycles. The lowest BCUT2D eigenvalue weighted by Crippen LogP contribution is -2.38. The van der Waals surface area contributed by atoms with E-state index in [2.05, 4.69) is 30.8 Å². The summed E-state index contributed by atoms with van der Waals surface area (Å²) in [6.45, 7) is 4.85. The minimum Gasteiger partial charge on any atom is -0.368 e. The molecule has 0 unspecified atom stereocenters. The van der Waals surface area contributed by atoms with Gasteiger partial charge in [0.05, 0.1) is 6.54 Å². The lowest BCUT2D eigenvalue weighted by atomic mass is 10.2. The number of benzene rings is 1. The van der Waals surface area contributed by atoms with E-state index in [1.165, 1.54) is 12.8 Å². The van der Waals surface area contributed by atoms with Gasteiger partial charge in [-0.05, 0) is 31.9 Å². The largest absolute Gasteiger partial charge is 0.368 e. The summed E-state index contributed by atoms with van der Waals surface area (Å²) in [5, 5.41) is 8.60. The maximum Gasteiger partial charge on any atom is 0.251 e. The molecule has 1 aromatic carbocycles. The van der Waals surface area contributed by atoms with Gasteiger partial charge in [0, 0.05) is 37.8 Å². The Labute approximate surface area is 164 Å². The number of nitrogens with one attached hydrogen (secondary N) is 3. The third-order valence-electron chi connectivity index (χ3n) is 4.45. The molecule has 0 aliphatic carbocycles. The molecule has 8 nitrogen and oxygen atoms in total. The van der Waals surface area contributed by atoms with Crippen LogP contribution in [0, 0.1) is 6.92 Å². The summed E-state index contributed by atoms with van der Waals surface area (Å²) in [7, 11) is 0. The first-order chi connectivity index (χ1) is 13.6. The zero-order valence-electron chi connectivity index (χ0n) is 16.1. The molecular weight excluding hydrogens is 356 g/mol. The molecule has 0 saturated carbocycles. The summed E-state index contributed by atoms with van der Waals surface area (Å²) in [6, 6.07) is 10.8. The Morgan fingerprint density at radius 3 is 2.54 bits per heavy atom.